The number of hydrogen-bond acceptors (Lipinski definition) is 4. The Hall–Kier alpha value is -2.37. The standard InChI is InChI=1S/C19H36O4.C7H6O2/c1-2-3-4-5-6-7-8-9-10-11-12-13-14-15-16-17-18(20)23-19(21)22;8-7(9)6-4-2-1-3-5-6/h2-17H2,1H3,(H,21,22);1-5H,(H,8,9). The lowest BCUT2D eigenvalue weighted by molar-refractivity contribution is -0.139. The van der Waals surface area contributed by atoms with E-state index < -0.39 is 18.1 Å². The molecule has 0 radical (unpaired) electrons. The molecule has 1 aromatic rings. The smallest absolute Gasteiger partial charge is 0.478 e. The van der Waals surface area contributed by atoms with Gasteiger partial charge in [-0.25, -0.2) is 9.59 Å². The van der Waals surface area contributed by atoms with E-state index in [0.717, 1.165) is 19.3 Å². The molecule has 0 aromatic heterocycles. The summed E-state index contributed by atoms with van der Waals surface area (Å²) < 4.78 is 4.05. The van der Waals surface area contributed by atoms with Crippen molar-refractivity contribution in [3.8, 4) is 0 Å². The van der Waals surface area contributed by atoms with E-state index in [1.165, 1.54) is 77.0 Å². The van der Waals surface area contributed by atoms with Gasteiger partial charge in [0.1, 0.15) is 0 Å². The molecule has 0 atom stereocenters. The second kappa shape index (κ2) is 21.8. The Kier molecular flexibility index (Phi) is 20.2. The lowest BCUT2D eigenvalue weighted by atomic mass is 10.0. The fourth-order valence-electron chi connectivity index (χ4n) is 3.37. The molecule has 0 heterocycles. The van der Waals surface area contributed by atoms with Crippen molar-refractivity contribution in [3.63, 3.8) is 0 Å². The molecule has 0 aliphatic heterocycles. The average molecular weight is 451 g/mol. The maximum atomic E-state index is 11.0. The van der Waals surface area contributed by atoms with Gasteiger partial charge in [-0.1, -0.05) is 115 Å². The van der Waals surface area contributed by atoms with Crippen molar-refractivity contribution in [1.82, 2.24) is 0 Å². The third-order valence-electron chi connectivity index (χ3n) is 5.21. The highest BCUT2D eigenvalue weighted by molar-refractivity contribution is 5.87. The van der Waals surface area contributed by atoms with Crippen LogP contribution in [0.2, 0.25) is 0 Å². The normalized spacial score (nSPS) is 10.2. The number of carbonyl (C=O) groups is 3. The third-order valence-corrected chi connectivity index (χ3v) is 5.21. The van der Waals surface area contributed by atoms with Crippen molar-refractivity contribution in [2.24, 2.45) is 0 Å². The molecule has 0 amide bonds. The minimum absolute atomic E-state index is 0.213. The van der Waals surface area contributed by atoms with Crippen LogP contribution >= 0.6 is 0 Å². The highest BCUT2D eigenvalue weighted by atomic mass is 16.7. The predicted octanol–water partition coefficient (Wildman–Crippen LogP) is 7.85. The summed E-state index contributed by atoms with van der Waals surface area (Å²) in [6.45, 7) is 2.26. The highest BCUT2D eigenvalue weighted by Crippen LogP contribution is 2.13. The fourth-order valence-corrected chi connectivity index (χ4v) is 3.37. The number of unbranched alkanes of at least 4 members (excludes halogenated alkanes) is 14. The van der Waals surface area contributed by atoms with E-state index in [0.29, 0.717) is 5.56 Å². The van der Waals surface area contributed by atoms with E-state index in [1.807, 2.05) is 0 Å². The summed E-state index contributed by atoms with van der Waals surface area (Å²) in [6, 6.07) is 8.30. The molecule has 0 unspecified atom stereocenters. The van der Waals surface area contributed by atoms with Crippen molar-refractivity contribution in [2.75, 3.05) is 0 Å². The van der Waals surface area contributed by atoms with Crippen LogP contribution in [0.4, 0.5) is 4.79 Å². The molecule has 0 aliphatic carbocycles. The van der Waals surface area contributed by atoms with Gasteiger partial charge >= 0.3 is 18.1 Å². The lowest BCUT2D eigenvalue weighted by Crippen LogP contribution is -2.09. The number of benzene rings is 1. The van der Waals surface area contributed by atoms with Crippen LogP contribution in [-0.4, -0.2) is 28.3 Å². The van der Waals surface area contributed by atoms with Crippen molar-refractivity contribution < 1.29 is 29.3 Å². The Morgan fingerprint density at radius 1 is 0.656 bits per heavy atom. The van der Waals surface area contributed by atoms with Crippen LogP contribution in [0.3, 0.4) is 0 Å². The van der Waals surface area contributed by atoms with Gasteiger partial charge in [0, 0.05) is 6.42 Å². The van der Waals surface area contributed by atoms with E-state index >= 15 is 0 Å². The summed E-state index contributed by atoms with van der Waals surface area (Å²) in [6.07, 6.45) is 17.8. The van der Waals surface area contributed by atoms with E-state index in [1.54, 1.807) is 30.3 Å². The average Bonchev–Trinajstić information content (AvgIpc) is 2.77. The third kappa shape index (κ3) is 20.9. The monoisotopic (exact) mass is 450 g/mol. The quantitative estimate of drug-likeness (QED) is 0.142. The minimum atomic E-state index is -1.50. The van der Waals surface area contributed by atoms with Crippen LogP contribution < -0.4 is 0 Å². The zero-order valence-electron chi connectivity index (χ0n) is 19.7. The van der Waals surface area contributed by atoms with Gasteiger partial charge < -0.3 is 14.9 Å². The Morgan fingerprint density at radius 2 is 1.06 bits per heavy atom. The first-order chi connectivity index (χ1) is 15.5. The van der Waals surface area contributed by atoms with Crippen molar-refractivity contribution in [3.05, 3.63) is 35.9 Å². The number of rotatable bonds is 17. The first-order valence-corrected chi connectivity index (χ1v) is 12.2. The number of hydrogen-bond donors (Lipinski definition) is 2. The van der Waals surface area contributed by atoms with Crippen LogP contribution in [-0.2, 0) is 9.53 Å². The summed E-state index contributed by atoms with van der Waals surface area (Å²) in [4.78, 5) is 31.3. The second-order valence-electron chi connectivity index (χ2n) is 8.11. The molecule has 0 fully saturated rings. The van der Waals surface area contributed by atoms with E-state index in [-0.39, 0.29) is 6.42 Å². The number of carbonyl (C=O) groups excluding carboxylic acids is 1. The van der Waals surface area contributed by atoms with Crippen LogP contribution in [0.1, 0.15) is 120 Å². The van der Waals surface area contributed by atoms with E-state index in [4.69, 9.17) is 10.2 Å². The van der Waals surface area contributed by atoms with Gasteiger partial charge in [0.05, 0.1) is 5.56 Å². The zero-order chi connectivity index (χ0) is 23.9. The maximum absolute atomic E-state index is 11.0. The van der Waals surface area contributed by atoms with Crippen molar-refractivity contribution in [1.29, 1.82) is 0 Å². The highest BCUT2D eigenvalue weighted by Gasteiger charge is 2.07. The van der Waals surface area contributed by atoms with Gasteiger partial charge in [-0.05, 0) is 18.6 Å². The van der Waals surface area contributed by atoms with Gasteiger partial charge in [0.15, 0.2) is 0 Å². The summed E-state index contributed by atoms with van der Waals surface area (Å²) >= 11 is 0. The first-order valence-electron chi connectivity index (χ1n) is 12.2. The number of carboxylic acids is 1. The molecular formula is C26H42O6. The molecule has 0 aliphatic rings. The maximum Gasteiger partial charge on any atom is 0.513 e. The zero-order valence-corrected chi connectivity index (χ0v) is 19.7. The van der Waals surface area contributed by atoms with Gasteiger partial charge in [0.2, 0.25) is 0 Å². The molecule has 0 saturated heterocycles. The molecular weight excluding hydrogens is 408 g/mol. The van der Waals surface area contributed by atoms with Crippen LogP contribution in [0.25, 0.3) is 0 Å². The summed E-state index contributed by atoms with van der Waals surface area (Å²) in [5.41, 5.74) is 0.331. The second-order valence-corrected chi connectivity index (χ2v) is 8.11. The van der Waals surface area contributed by atoms with Gasteiger partial charge in [0.25, 0.3) is 0 Å². The topological polar surface area (TPSA) is 101 Å². The molecule has 32 heavy (non-hydrogen) atoms. The molecule has 1 rings (SSSR count). The molecule has 0 saturated carbocycles. The Morgan fingerprint density at radius 3 is 1.41 bits per heavy atom. The lowest BCUT2D eigenvalue weighted by Gasteiger charge is -2.03. The summed E-state index contributed by atoms with van der Waals surface area (Å²) in [5.74, 6) is -1.51. The fraction of sp³-hybridized carbons (Fsp3) is 0.654. The predicted molar refractivity (Wildman–Crippen MR) is 127 cm³/mol. The molecule has 6 nitrogen and oxygen atoms in total. The largest absolute Gasteiger partial charge is 0.513 e. The van der Waals surface area contributed by atoms with E-state index in [2.05, 4.69) is 11.7 Å². The van der Waals surface area contributed by atoms with Crippen LogP contribution in [0, 0.1) is 0 Å². The minimum Gasteiger partial charge on any atom is -0.478 e. The number of esters is 1. The number of aromatic carboxylic acids is 1. The number of carboxylic acid groups (broad SMARTS) is 2. The number of ether oxygens (including phenoxy) is 1. The van der Waals surface area contributed by atoms with Crippen molar-refractivity contribution >= 4 is 18.1 Å². The van der Waals surface area contributed by atoms with E-state index in [9.17, 15) is 14.4 Å². The molecule has 2 N–H and O–H groups in total. The SMILES string of the molecule is CCCCCCCCCCCCCCCCCC(=O)OC(=O)O.O=C(O)c1ccccc1. The molecule has 0 bridgehead atoms. The molecule has 6 heteroatoms. The Bertz CT molecular complexity index is 600. The van der Waals surface area contributed by atoms with Gasteiger partial charge in [-0.15, -0.1) is 0 Å². The molecule has 1 aromatic carbocycles. The Balaban J connectivity index is 0.000000879. The van der Waals surface area contributed by atoms with Crippen LogP contribution in [0.15, 0.2) is 30.3 Å². The van der Waals surface area contributed by atoms with Crippen LogP contribution in [0.5, 0.6) is 0 Å². The van der Waals surface area contributed by atoms with Crippen molar-refractivity contribution in [2.45, 2.75) is 110 Å². The summed E-state index contributed by atoms with van der Waals surface area (Å²) in [5, 5.41) is 16.7. The van der Waals surface area contributed by atoms with Gasteiger partial charge in [-0.3, -0.25) is 4.79 Å². The van der Waals surface area contributed by atoms with Gasteiger partial charge in [-0.2, -0.15) is 0 Å². The molecule has 0 spiro atoms. The summed E-state index contributed by atoms with van der Waals surface area (Å²) in [7, 11) is 0. The molecule has 182 valence electrons. The first kappa shape index (κ1) is 29.6. The Labute approximate surface area is 193 Å².